The van der Waals surface area contributed by atoms with Gasteiger partial charge in [0.1, 0.15) is 5.52 Å². The molecule has 0 saturated heterocycles. The Morgan fingerprint density at radius 2 is 2.30 bits per heavy atom. The molecule has 20 heavy (non-hydrogen) atoms. The van der Waals surface area contributed by atoms with Crippen LogP contribution in [0.3, 0.4) is 0 Å². The highest BCUT2D eigenvalue weighted by molar-refractivity contribution is 7.99. The summed E-state index contributed by atoms with van der Waals surface area (Å²) in [6.45, 7) is 0. The number of oxazole rings is 1. The Kier molecular flexibility index (Phi) is 2.83. The SMILES string of the molecule is Cn1c(Sc2nc3ccc(C(=O)O)cc3o2)n[nH]c1=O. The number of fused-ring (bicyclic) bond motifs is 1. The van der Waals surface area contributed by atoms with Gasteiger partial charge in [-0.2, -0.15) is 0 Å². The lowest BCUT2D eigenvalue weighted by Gasteiger charge is -1.93. The van der Waals surface area contributed by atoms with Gasteiger partial charge in [-0.25, -0.2) is 19.7 Å². The van der Waals surface area contributed by atoms with Crippen molar-refractivity contribution in [3.05, 3.63) is 34.2 Å². The molecule has 1 aromatic carbocycles. The van der Waals surface area contributed by atoms with Gasteiger partial charge in [0.15, 0.2) is 5.58 Å². The van der Waals surface area contributed by atoms with E-state index in [2.05, 4.69) is 15.2 Å². The van der Waals surface area contributed by atoms with Crippen LogP contribution in [0, 0.1) is 0 Å². The van der Waals surface area contributed by atoms with Gasteiger partial charge in [0.25, 0.3) is 5.22 Å². The number of aromatic amines is 1. The smallest absolute Gasteiger partial charge is 0.343 e. The van der Waals surface area contributed by atoms with Gasteiger partial charge in [-0.3, -0.25) is 4.57 Å². The molecule has 0 fully saturated rings. The average Bonchev–Trinajstić information content (AvgIpc) is 2.95. The van der Waals surface area contributed by atoms with Crippen LogP contribution in [0.2, 0.25) is 0 Å². The molecule has 0 amide bonds. The molecule has 2 heterocycles. The van der Waals surface area contributed by atoms with E-state index in [9.17, 15) is 9.59 Å². The van der Waals surface area contributed by atoms with Gasteiger partial charge in [-0.15, -0.1) is 5.10 Å². The minimum Gasteiger partial charge on any atom is -0.478 e. The molecule has 0 aliphatic carbocycles. The molecular formula is C11H8N4O4S. The predicted molar refractivity (Wildman–Crippen MR) is 68.9 cm³/mol. The van der Waals surface area contributed by atoms with Gasteiger partial charge in [-0.1, -0.05) is 0 Å². The molecular weight excluding hydrogens is 284 g/mol. The molecule has 102 valence electrons. The lowest BCUT2D eigenvalue weighted by atomic mass is 10.2. The van der Waals surface area contributed by atoms with Crippen LogP contribution in [-0.2, 0) is 7.05 Å². The van der Waals surface area contributed by atoms with Crippen molar-refractivity contribution in [1.82, 2.24) is 19.7 Å². The average molecular weight is 292 g/mol. The second-order valence-electron chi connectivity index (χ2n) is 3.94. The van der Waals surface area contributed by atoms with Crippen molar-refractivity contribution in [2.75, 3.05) is 0 Å². The summed E-state index contributed by atoms with van der Waals surface area (Å²) in [5.74, 6) is -1.03. The van der Waals surface area contributed by atoms with E-state index in [1.54, 1.807) is 13.1 Å². The Morgan fingerprint density at radius 3 is 2.95 bits per heavy atom. The maximum Gasteiger partial charge on any atom is 0.343 e. The highest BCUT2D eigenvalue weighted by Crippen LogP contribution is 2.28. The molecule has 3 aromatic rings. The molecule has 0 atom stereocenters. The van der Waals surface area contributed by atoms with Gasteiger partial charge in [0.2, 0.25) is 5.16 Å². The first-order chi connectivity index (χ1) is 9.54. The van der Waals surface area contributed by atoms with Gasteiger partial charge >= 0.3 is 11.7 Å². The van der Waals surface area contributed by atoms with Crippen molar-refractivity contribution in [2.24, 2.45) is 7.05 Å². The minimum atomic E-state index is -1.03. The fourth-order valence-electron chi connectivity index (χ4n) is 1.58. The predicted octanol–water partition coefficient (Wildman–Crippen LogP) is 1.10. The number of H-pyrrole nitrogens is 1. The first-order valence-corrected chi connectivity index (χ1v) is 6.29. The summed E-state index contributed by atoms with van der Waals surface area (Å²) in [7, 11) is 1.57. The van der Waals surface area contributed by atoms with Crippen molar-refractivity contribution >= 4 is 28.8 Å². The monoisotopic (exact) mass is 292 g/mol. The van der Waals surface area contributed by atoms with Crippen LogP contribution >= 0.6 is 11.8 Å². The zero-order chi connectivity index (χ0) is 14.3. The summed E-state index contributed by atoms with van der Waals surface area (Å²) in [6.07, 6.45) is 0. The zero-order valence-electron chi connectivity index (χ0n) is 10.2. The molecule has 0 radical (unpaired) electrons. The maximum atomic E-state index is 11.2. The van der Waals surface area contributed by atoms with Crippen LogP contribution in [-0.4, -0.2) is 30.8 Å². The lowest BCUT2D eigenvalue weighted by molar-refractivity contribution is 0.0697. The number of carboxylic acids is 1. The molecule has 0 saturated carbocycles. The van der Waals surface area contributed by atoms with Crippen LogP contribution in [0.1, 0.15) is 10.4 Å². The van der Waals surface area contributed by atoms with Crippen molar-refractivity contribution in [3.8, 4) is 0 Å². The fraction of sp³-hybridized carbons (Fsp3) is 0.0909. The van der Waals surface area contributed by atoms with Gasteiger partial charge < -0.3 is 9.52 Å². The van der Waals surface area contributed by atoms with E-state index in [-0.39, 0.29) is 16.5 Å². The molecule has 3 rings (SSSR count). The third-order valence-corrected chi connectivity index (χ3v) is 3.53. The number of carbonyl (C=O) groups is 1. The number of benzene rings is 1. The zero-order valence-corrected chi connectivity index (χ0v) is 11.0. The maximum absolute atomic E-state index is 11.2. The lowest BCUT2D eigenvalue weighted by Crippen LogP contribution is -2.12. The van der Waals surface area contributed by atoms with Crippen LogP contribution in [0.5, 0.6) is 0 Å². The number of hydrogen-bond donors (Lipinski definition) is 2. The standard InChI is InChI=1S/C11H8N4O4S/c1-15-9(18)13-14-10(15)20-11-12-6-3-2-5(8(16)17)4-7(6)19-11/h2-4H,1H3,(H,13,18)(H,16,17). The quantitative estimate of drug-likeness (QED) is 0.742. The first-order valence-electron chi connectivity index (χ1n) is 5.48. The third kappa shape index (κ3) is 2.07. The molecule has 0 spiro atoms. The second kappa shape index (κ2) is 4.53. The molecule has 0 bridgehead atoms. The molecule has 2 aromatic heterocycles. The summed E-state index contributed by atoms with van der Waals surface area (Å²) in [4.78, 5) is 26.3. The summed E-state index contributed by atoms with van der Waals surface area (Å²) >= 11 is 1.07. The summed E-state index contributed by atoms with van der Waals surface area (Å²) in [5.41, 5.74) is 0.695. The molecule has 9 heteroatoms. The Morgan fingerprint density at radius 1 is 1.50 bits per heavy atom. The topological polar surface area (TPSA) is 114 Å². The Labute approximate surface area is 115 Å². The molecule has 0 aliphatic rings. The third-order valence-electron chi connectivity index (χ3n) is 2.63. The number of carboxylic acid groups (broad SMARTS) is 1. The van der Waals surface area contributed by atoms with Crippen molar-refractivity contribution < 1.29 is 14.3 Å². The van der Waals surface area contributed by atoms with Gasteiger partial charge in [0, 0.05) is 18.8 Å². The van der Waals surface area contributed by atoms with Gasteiger partial charge in [0.05, 0.1) is 5.56 Å². The molecule has 8 nitrogen and oxygen atoms in total. The molecule has 0 aliphatic heterocycles. The summed E-state index contributed by atoms with van der Waals surface area (Å²) < 4.78 is 6.77. The van der Waals surface area contributed by atoms with E-state index >= 15 is 0 Å². The number of nitrogens with one attached hydrogen (secondary N) is 1. The Hall–Kier alpha value is -2.55. The molecule has 2 N–H and O–H groups in total. The Bertz CT molecular complexity index is 863. The number of rotatable bonds is 3. The van der Waals surface area contributed by atoms with Crippen molar-refractivity contribution in [1.29, 1.82) is 0 Å². The Balaban J connectivity index is 1.99. The highest BCUT2D eigenvalue weighted by Gasteiger charge is 2.13. The van der Waals surface area contributed by atoms with Crippen LogP contribution in [0.25, 0.3) is 11.1 Å². The number of nitrogens with zero attached hydrogens (tertiary/aromatic N) is 3. The summed E-state index contributed by atoms with van der Waals surface area (Å²) in [6, 6.07) is 4.42. The van der Waals surface area contributed by atoms with Crippen molar-refractivity contribution in [2.45, 2.75) is 10.4 Å². The van der Waals surface area contributed by atoms with E-state index in [1.165, 1.54) is 16.7 Å². The van der Waals surface area contributed by atoms with Crippen LogP contribution < -0.4 is 5.69 Å². The largest absolute Gasteiger partial charge is 0.478 e. The number of aromatic carboxylic acids is 1. The normalized spacial score (nSPS) is 11.1. The first kappa shape index (κ1) is 12.5. The highest BCUT2D eigenvalue weighted by atomic mass is 32.2. The van der Waals surface area contributed by atoms with Crippen LogP contribution in [0.4, 0.5) is 0 Å². The van der Waals surface area contributed by atoms with E-state index in [0.717, 1.165) is 11.8 Å². The number of aromatic nitrogens is 4. The van der Waals surface area contributed by atoms with Gasteiger partial charge in [-0.05, 0) is 18.2 Å². The number of hydrogen-bond acceptors (Lipinski definition) is 6. The summed E-state index contributed by atoms with van der Waals surface area (Å²) in [5, 5.41) is 15.7. The van der Waals surface area contributed by atoms with E-state index < -0.39 is 5.97 Å². The van der Waals surface area contributed by atoms with E-state index in [0.29, 0.717) is 16.3 Å². The van der Waals surface area contributed by atoms with E-state index in [1.807, 2.05) is 0 Å². The van der Waals surface area contributed by atoms with Crippen molar-refractivity contribution in [3.63, 3.8) is 0 Å². The van der Waals surface area contributed by atoms with Crippen LogP contribution in [0.15, 0.2) is 37.8 Å². The second-order valence-corrected chi connectivity index (χ2v) is 4.86. The molecule has 0 unspecified atom stereocenters. The minimum absolute atomic E-state index is 0.123. The fourth-order valence-corrected chi connectivity index (χ4v) is 2.32. The van der Waals surface area contributed by atoms with E-state index in [4.69, 9.17) is 9.52 Å².